The van der Waals surface area contributed by atoms with Crippen molar-refractivity contribution in [2.45, 2.75) is 12.8 Å². The molecule has 26 heavy (non-hydrogen) atoms. The fourth-order valence-corrected chi connectivity index (χ4v) is 3.54. The molecule has 0 atom stereocenters. The van der Waals surface area contributed by atoms with Gasteiger partial charge >= 0.3 is 5.97 Å². The first-order valence-corrected chi connectivity index (χ1v) is 8.36. The molecular weight excluding hydrogens is 328 g/mol. The van der Waals surface area contributed by atoms with Gasteiger partial charge in [0.25, 0.3) is 0 Å². The third-order valence-corrected chi connectivity index (χ3v) is 4.85. The highest BCUT2D eigenvalue weighted by molar-refractivity contribution is 5.91. The lowest BCUT2D eigenvalue weighted by Gasteiger charge is -2.16. The molecule has 0 unspecified atom stereocenters. The molecule has 4 aromatic rings. The molecule has 0 spiro atoms. The highest BCUT2D eigenvalue weighted by atomic mass is 16.4. The predicted molar refractivity (Wildman–Crippen MR) is 96.9 cm³/mol. The monoisotopic (exact) mass is 342 g/mol. The second kappa shape index (κ2) is 5.49. The van der Waals surface area contributed by atoms with Crippen molar-refractivity contribution >= 4 is 16.9 Å². The first-order valence-electron chi connectivity index (χ1n) is 8.36. The maximum absolute atomic E-state index is 11.4. The summed E-state index contributed by atoms with van der Waals surface area (Å²) in [6.07, 6.45) is 5.08. The number of benzene rings is 1. The normalized spacial score (nSPS) is 12.6. The van der Waals surface area contributed by atoms with Crippen LogP contribution in [0.4, 0.5) is 0 Å². The van der Waals surface area contributed by atoms with E-state index in [-0.39, 0.29) is 5.69 Å². The van der Waals surface area contributed by atoms with Crippen LogP contribution in [-0.2, 0) is 12.8 Å². The van der Waals surface area contributed by atoms with E-state index in [0.717, 1.165) is 45.3 Å². The van der Waals surface area contributed by atoms with Crippen molar-refractivity contribution in [2.24, 2.45) is 0 Å². The molecular formula is C20H14N4O2. The molecule has 5 rings (SSSR count). The molecule has 1 aliphatic rings. The van der Waals surface area contributed by atoms with Gasteiger partial charge in [-0.25, -0.2) is 4.79 Å². The van der Waals surface area contributed by atoms with Gasteiger partial charge in [0.05, 0.1) is 16.9 Å². The summed E-state index contributed by atoms with van der Waals surface area (Å²) in [4.78, 5) is 20.5. The number of aromatic carboxylic acids is 1. The number of carbonyl (C=O) groups is 1. The Morgan fingerprint density at radius 2 is 1.96 bits per heavy atom. The number of para-hydroxylation sites is 1. The van der Waals surface area contributed by atoms with E-state index in [1.54, 1.807) is 0 Å². The summed E-state index contributed by atoms with van der Waals surface area (Å²) in [7, 11) is 0. The van der Waals surface area contributed by atoms with Gasteiger partial charge < -0.3 is 5.11 Å². The molecule has 0 bridgehead atoms. The van der Waals surface area contributed by atoms with Crippen LogP contribution in [0, 0.1) is 0 Å². The van der Waals surface area contributed by atoms with Crippen molar-refractivity contribution in [3.05, 3.63) is 65.6 Å². The quantitative estimate of drug-likeness (QED) is 0.582. The topological polar surface area (TPSA) is 91.8 Å². The number of pyridine rings is 2. The number of fused-ring (bicyclic) bond motifs is 4. The minimum atomic E-state index is -0.977. The summed E-state index contributed by atoms with van der Waals surface area (Å²) in [5.41, 5.74) is 6.33. The molecule has 0 fully saturated rings. The first kappa shape index (κ1) is 14.8. The van der Waals surface area contributed by atoms with Crippen LogP contribution in [0.3, 0.4) is 0 Å². The van der Waals surface area contributed by atoms with Crippen molar-refractivity contribution in [1.29, 1.82) is 0 Å². The molecule has 0 radical (unpaired) electrons. The Morgan fingerprint density at radius 3 is 2.85 bits per heavy atom. The fraction of sp³-hybridized carbons (Fsp3) is 0.100. The number of nitrogens with zero attached hydrogens (tertiary/aromatic N) is 3. The van der Waals surface area contributed by atoms with Crippen molar-refractivity contribution in [3.63, 3.8) is 0 Å². The first-order chi connectivity index (χ1) is 12.7. The Morgan fingerprint density at radius 1 is 1.08 bits per heavy atom. The molecule has 1 aliphatic carbocycles. The molecule has 126 valence electrons. The minimum Gasteiger partial charge on any atom is -0.477 e. The Bertz CT molecular complexity index is 1180. The number of carboxylic acids is 1. The van der Waals surface area contributed by atoms with E-state index in [2.05, 4.69) is 26.2 Å². The Labute approximate surface area is 148 Å². The van der Waals surface area contributed by atoms with Gasteiger partial charge in [-0.05, 0) is 36.6 Å². The van der Waals surface area contributed by atoms with E-state index < -0.39 is 5.97 Å². The third-order valence-electron chi connectivity index (χ3n) is 4.85. The highest BCUT2D eigenvalue weighted by Gasteiger charge is 2.25. The second-order valence-corrected chi connectivity index (χ2v) is 6.37. The molecule has 3 aromatic heterocycles. The van der Waals surface area contributed by atoms with E-state index in [9.17, 15) is 9.90 Å². The van der Waals surface area contributed by atoms with Crippen LogP contribution in [0.5, 0.6) is 0 Å². The molecule has 6 nitrogen and oxygen atoms in total. The van der Waals surface area contributed by atoms with E-state index in [1.807, 2.05) is 42.7 Å². The lowest BCUT2D eigenvalue weighted by Crippen LogP contribution is -2.08. The van der Waals surface area contributed by atoms with Gasteiger partial charge in [0, 0.05) is 34.5 Å². The average Bonchev–Trinajstić information content (AvgIpc) is 3.12. The van der Waals surface area contributed by atoms with Crippen LogP contribution < -0.4 is 0 Å². The molecule has 0 amide bonds. The number of hydrogen-bond acceptors (Lipinski definition) is 4. The zero-order valence-corrected chi connectivity index (χ0v) is 13.7. The number of rotatable bonds is 2. The number of aromatic nitrogens is 4. The number of nitrogens with one attached hydrogen (secondary N) is 1. The number of hydrogen-bond donors (Lipinski definition) is 2. The zero-order valence-electron chi connectivity index (χ0n) is 13.7. The second-order valence-electron chi connectivity index (χ2n) is 6.37. The van der Waals surface area contributed by atoms with Gasteiger partial charge in [0.15, 0.2) is 0 Å². The summed E-state index contributed by atoms with van der Waals surface area (Å²) in [6, 6.07) is 12.0. The van der Waals surface area contributed by atoms with Gasteiger partial charge in [-0.1, -0.05) is 18.2 Å². The van der Waals surface area contributed by atoms with Crippen LogP contribution in [-0.4, -0.2) is 31.2 Å². The van der Waals surface area contributed by atoms with E-state index >= 15 is 0 Å². The van der Waals surface area contributed by atoms with Crippen LogP contribution in [0.15, 0.2) is 48.8 Å². The third kappa shape index (κ3) is 2.19. The predicted octanol–water partition coefficient (Wildman–Crippen LogP) is 3.48. The van der Waals surface area contributed by atoms with Crippen molar-refractivity contribution in [3.8, 4) is 22.5 Å². The van der Waals surface area contributed by atoms with Crippen molar-refractivity contribution in [1.82, 2.24) is 20.2 Å². The standard InChI is InChI=1S/C20H14N4O2/c25-20(26)19-14-6-5-12-9-22-17(8-15(12)18(14)23-24-19)13-7-11-3-1-2-4-16(11)21-10-13/h1-4,7-10H,5-6H2,(H,23,24)(H,25,26). The molecule has 0 saturated carbocycles. The summed E-state index contributed by atoms with van der Waals surface area (Å²) >= 11 is 0. The molecule has 0 saturated heterocycles. The molecule has 3 heterocycles. The number of carboxylic acid groups (broad SMARTS) is 1. The summed E-state index contributed by atoms with van der Waals surface area (Å²) in [5.74, 6) is -0.977. The van der Waals surface area contributed by atoms with E-state index in [4.69, 9.17) is 0 Å². The number of H-pyrrole nitrogens is 1. The van der Waals surface area contributed by atoms with Gasteiger partial charge in [-0.3, -0.25) is 15.1 Å². The van der Waals surface area contributed by atoms with Crippen LogP contribution in [0.25, 0.3) is 33.4 Å². The van der Waals surface area contributed by atoms with E-state index in [0.29, 0.717) is 12.1 Å². The maximum atomic E-state index is 11.4. The average molecular weight is 342 g/mol. The molecule has 1 aromatic carbocycles. The lowest BCUT2D eigenvalue weighted by atomic mass is 9.89. The van der Waals surface area contributed by atoms with Gasteiger partial charge in [-0.15, -0.1) is 0 Å². The lowest BCUT2D eigenvalue weighted by molar-refractivity contribution is 0.0689. The highest BCUT2D eigenvalue weighted by Crippen LogP contribution is 2.35. The summed E-state index contributed by atoms with van der Waals surface area (Å²) in [6.45, 7) is 0. The van der Waals surface area contributed by atoms with Crippen molar-refractivity contribution < 1.29 is 9.90 Å². The number of aryl methyl sites for hydroxylation is 1. The number of aromatic amines is 1. The smallest absolute Gasteiger partial charge is 0.354 e. The molecule has 6 heteroatoms. The summed E-state index contributed by atoms with van der Waals surface area (Å²) in [5, 5.41) is 17.3. The fourth-order valence-electron chi connectivity index (χ4n) is 3.54. The van der Waals surface area contributed by atoms with Gasteiger partial charge in [0.1, 0.15) is 5.69 Å². The zero-order chi connectivity index (χ0) is 17.7. The van der Waals surface area contributed by atoms with Crippen LogP contribution in [0.1, 0.15) is 21.6 Å². The van der Waals surface area contributed by atoms with Crippen LogP contribution >= 0.6 is 0 Å². The SMILES string of the molecule is O=C(O)c1[nH]nc2c1CCc1cnc(-c3cnc4ccccc4c3)cc1-2. The van der Waals surface area contributed by atoms with E-state index in [1.165, 1.54) is 0 Å². The van der Waals surface area contributed by atoms with Crippen LogP contribution in [0.2, 0.25) is 0 Å². The minimum absolute atomic E-state index is 0.177. The van der Waals surface area contributed by atoms with Crippen molar-refractivity contribution in [2.75, 3.05) is 0 Å². The Kier molecular flexibility index (Phi) is 3.12. The summed E-state index contributed by atoms with van der Waals surface area (Å²) < 4.78 is 0. The van der Waals surface area contributed by atoms with Gasteiger partial charge in [0.2, 0.25) is 0 Å². The molecule has 2 N–H and O–H groups in total. The molecule has 0 aliphatic heterocycles. The Balaban J connectivity index is 1.65. The Hall–Kier alpha value is -3.54. The largest absolute Gasteiger partial charge is 0.477 e. The maximum Gasteiger partial charge on any atom is 0.354 e. The van der Waals surface area contributed by atoms with Gasteiger partial charge in [-0.2, -0.15) is 5.10 Å².